The highest BCUT2D eigenvalue weighted by molar-refractivity contribution is 5.79. The van der Waals surface area contributed by atoms with Gasteiger partial charge in [-0.05, 0) is 13.3 Å². The van der Waals surface area contributed by atoms with Crippen molar-refractivity contribution in [1.82, 2.24) is 10.2 Å². The zero-order chi connectivity index (χ0) is 10.8. The molecule has 0 bridgehead atoms. The zero-order valence-corrected chi connectivity index (χ0v) is 7.99. The maximum atomic E-state index is 11.2. The first-order valence-corrected chi connectivity index (χ1v) is 4.42. The van der Waals surface area contributed by atoms with E-state index in [2.05, 4.69) is 5.32 Å². The molecule has 80 valence electrons. The van der Waals surface area contributed by atoms with Crippen molar-refractivity contribution in [3.8, 4) is 0 Å². The Morgan fingerprint density at radius 3 is 2.86 bits per heavy atom. The number of aliphatic carboxylic acids is 1. The molecule has 1 atom stereocenters. The lowest BCUT2D eigenvalue weighted by Gasteiger charge is -2.31. The van der Waals surface area contributed by atoms with Gasteiger partial charge < -0.3 is 20.4 Å². The third kappa shape index (κ3) is 2.35. The molecule has 0 aromatic heterocycles. The summed E-state index contributed by atoms with van der Waals surface area (Å²) in [5.41, 5.74) is -1.88. The summed E-state index contributed by atoms with van der Waals surface area (Å²) in [5, 5.41) is 20.7. The average molecular weight is 202 g/mol. The van der Waals surface area contributed by atoms with Crippen LogP contribution in [0, 0.1) is 0 Å². The van der Waals surface area contributed by atoms with Crippen LogP contribution in [0.3, 0.4) is 0 Å². The van der Waals surface area contributed by atoms with Crippen molar-refractivity contribution >= 4 is 12.0 Å². The molecule has 3 N–H and O–H groups in total. The molecule has 0 aromatic rings. The second kappa shape index (κ2) is 3.83. The maximum absolute atomic E-state index is 11.2. The highest BCUT2D eigenvalue weighted by Gasteiger charge is 2.34. The Bertz CT molecular complexity index is 252. The minimum Gasteiger partial charge on any atom is -0.479 e. The fourth-order valence-electron chi connectivity index (χ4n) is 1.27. The van der Waals surface area contributed by atoms with E-state index < -0.39 is 11.6 Å². The number of β-amino-alcohol motifs (C(OH)–C–C–N with tert-alkyl or cyclic N) is 1. The Kier molecular flexibility index (Phi) is 2.95. The van der Waals surface area contributed by atoms with Crippen molar-refractivity contribution < 1.29 is 19.8 Å². The van der Waals surface area contributed by atoms with E-state index in [1.165, 1.54) is 11.8 Å². The summed E-state index contributed by atoms with van der Waals surface area (Å²) < 4.78 is 0. The minimum atomic E-state index is -1.88. The predicted molar refractivity (Wildman–Crippen MR) is 47.8 cm³/mol. The van der Waals surface area contributed by atoms with Crippen LogP contribution in [0.1, 0.15) is 13.3 Å². The molecular weight excluding hydrogens is 188 g/mol. The number of amides is 2. The van der Waals surface area contributed by atoms with Crippen LogP contribution in [0.2, 0.25) is 0 Å². The van der Waals surface area contributed by atoms with Crippen LogP contribution in [0.25, 0.3) is 0 Å². The number of hydrogen-bond donors (Lipinski definition) is 3. The summed E-state index contributed by atoms with van der Waals surface area (Å²) in [4.78, 5) is 23.1. The molecule has 0 spiro atoms. The molecule has 0 aromatic carbocycles. The molecule has 1 saturated heterocycles. The zero-order valence-electron chi connectivity index (χ0n) is 7.99. The molecule has 0 aliphatic carbocycles. The van der Waals surface area contributed by atoms with Gasteiger partial charge in [0.2, 0.25) is 0 Å². The normalized spacial score (nSPS) is 21.3. The van der Waals surface area contributed by atoms with Gasteiger partial charge in [-0.3, -0.25) is 0 Å². The van der Waals surface area contributed by atoms with E-state index in [0.29, 0.717) is 13.1 Å². The van der Waals surface area contributed by atoms with Crippen LogP contribution in [0.15, 0.2) is 0 Å². The SMILES string of the molecule is CC(O)(CN1CCCNC1=O)C(=O)O. The van der Waals surface area contributed by atoms with Crippen molar-refractivity contribution in [1.29, 1.82) is 0 Å². The van der Waals surface area contributed by atoms with E-state index in [-0.39, 0.29) is 12.6 Å². The van der Waals surface area contributed by atoms with Gasteiger partial charge in [-0.1, -0.05) is 0 Å². The van der Waals surface area contributed by atoms with E-state index in [1.807, 2.05) is 0 Å². The third-order valence-electron chi connectivity index (χ3n) is 2.13. The van der Waals surface area contributed by atoms with Crippen LogP contribution in [0.5, 0.6) is 0 Å². The Balaban J connectivity index is 2.58. The highest BCUT2D eigenvalue weighted by Crippen LogP contribution is 2.09. The molecule has 6 heteroatoms. The Morgan fingerprint density at radius 2 is 2.36 bits per heavy atom. The van der Waals surface area contributed by atoms with Gasteiger partial charge in [0.05, 0.1) is 6.54 Å². The first-order valence-electron chi connectivity index (χ1n) is 4.42. The second-order valence-corrected chi connectivity index (χ2v) is 3.59. The number of rotatable bonds is 3. The number of carbonyl (C=O) groups excluding carboxylic acids is 1. The van der Waals surface area contributed by atoms with Crippen LogP contribution in [-0.4, -0.2) is 52.3 Å². The number of aliphatic hydroxyl groups is 1. The molecular formula is C8H14N2O4. The van der Waals surface area contributed by atoms with Gasteiger partial charge in [-0.2, -0.15) is 0 Å². The molecule has 1 aliphatic rings. The fourth-order valence-corrected chi connectivity index (χ4v) is 1.27. The molecule has 1 fully saturated rings. The molecule has 6 nitrogen and oxygen atoms in total. The van der Waals surface area contributed by atoms with Crippen LogP contribution in [0.4, 0.5) is 4.79 Å². The summed E-state index contributed by atoms with van der Waals surface area (Å²) >= 11 is 0. The summed E-state index contributed by atoms with van der Waals surface area (Å²) in [6.45, 7) is 2.07. The third-order valence-corrected chi connectivity index (χ3v) is 2.13. The van der Waals surface area contributed by atoms with E-state index in [4.69, 9.17) is 5.11 Å². The molecule has 1 unspecified atom stereocenters. The van der Waals surface area contributed by atoms with Crippen molar-refractivity contribution in [3.63, 3.8) is 0 Å². The topological polar surface area (TPSA) is 89.9 Å². The first-order chi connectivity index (χ1) is 6.43. The van der Waals surface area contributed by atoms with Gasteiger partial charge in [0.25, 0.3) is 0 Å². The van der Waals surface area contributed by atoms with E-state index in [0.717, 1.165) is 6.42 Å². The van der Waals surface area contributed by atoms with Crippen LogP contribution < -0.4 is 5.32 Å². The van der Waals surface area contributed by atoms with Gasteiger partial charge in [0, 0.05) is 13.1 Å². The lowest BCUT2D eigenvalue weighted by Crippen LogP contribution is -2.54. The Labute approximate surface area is 81.5 Å². The van der Waals surface area contributed by atoms with E-state index in [1.54, 1.807) is 0 Å². The summed E-state index contributed by atoms with van der Waals surface area (Å²) in [6, 6.07) is -0.322. The van der Waals surface area contributed by atoms with Crippen LogP contribution in [-0.2, 0) is 4.79 Å². The number of carboxylic acid groups (broad SMARTS) is 1. The van der Waals surface area contributed by atoms with Crippen molar-refractivity contribution in [3.05, 3.63) is 0 Å². The standard InChI is InChI=1S/C8H14N2O4/c1-8(14,6(11)12)5-10-4-2-3-9-7(10)13/h14H,2-5H2,1H3,(H,9,13)(H,11,12). The van der Waals surface area contributed by atoms with Crippen molar-refractivity contribution in [2.45, 2.75) is 18.9 Å². The first kappa shape index (κ1) is 10.8. The number of carboxylic acids is 1. The number of nitrogens with zero attached hydrogens (tertiary/aromatic N) is 1. The predicted octanol–water partition coefficient (Wildman–Crippen LogP) is -0.763. The molecule has 2 amide bonds. The molecule has 0 radical (unpaired) electrons. The Morgan fingerprint density at radius 1 is 1.71 bits per heavy atom. The quantitative estimate of drug-likeness (QED) is 0.561. The summed E-state index contributed by atoms with van der Waals surface area (Å²) in [7, 11) is 0. The maximum Gasteiger partial charge on any atom is 0.337 e. The van der Waals surface area contributed by atoms with Gasteiger partial charge in [-0.25, -0.2) is 9.59 Å². The lowest BCUT2D eigenvalue weighted by molar-refractivity contribution is -0.157. The molecule has 14 heavy (non-hydrogen) atoms. The largest absolute Gasteiger partial charge is 0.479 e. The number of carbonyl (C=O) groups is 2. The number of hydrogen-bond acceptors (Lipinski definition) is 3. The monoisotopic (exact) mass is 202 g/mol. The van der Waals surface area contributed by atoms with Gasteiger partial charge in [-0.15, -0.1) is 0 Å². The smallest absolute Gasteiger partial charge is 0.337 e. The average Bonchev–Trinajstić information content (AvgIpc) is 2.08. The van der Waals surface area contributed by atoms with Crippen molar-refractivity contribution in [2.75, 3.05) is 19.6 Å². The van der Waals surface area contributed by atoms with Gasteiger partial charge >= 0.3 is 12.0 Å². The van der Waals surface area contributed by atoms with E-state index >= 15 is 0 Å². The van der Waals surface area contributed by atoms with Crippen molar-refractivity contribution in [2.24, 2.45) is 0 Å². The summed E-state index contributed by atoms with van der Waals surface area (Å²) in [5.74, 6) is -1.32. The summed E-state index contributed by atoms with van der Waals surface area (Å²) in [6.07, 6.45) is 0.765. The minimum absolute atomic E-state index is 0.186. The second-order valence-electron chi connectivity index (χ2n) is 3.59. The number of nitrogens with one attached hydrogen (secondary N) is 1. The van der Waals surface area contributed by atoms with Gasteiger partial charge in [0.1, 0.15) is 0 Å². The fraction of sp³-hybridized carbons (Fsp3) is 0.750. The molecule has 1 rings (SSSR count). The highest BCUT2D eigenvalue weighted by atomic mass is 16.4. The number of urea groups is 1. The van der Waals surface area contributed by atoms with E-state index in [9.17, 15) is 14.7 Å². The molecule has 1 heterocycles. The molecule has 1 aliphatic heterocycles. The van der Waals surface area contributed by atoms with Crippen LogP contribution >= 0.6 is 0 Å². The Hall–Kier alpha value is -1.30. The lowest BCUT2D eigenvalue weighted by atomic mass is 10.1. The van der Waals surface area contributed by atoms with Gasteiger partial charge in [0.15, 0.2) is 5.60 Å². The molecule has 0 saturated carbocycles.